The molecule has 0 fully saturated rings. The van der Waals surface area contributed by atoms with Crippen molar-refractivity contribution in [2.45, 2.75) is 46.3 Å². The van der Waals surface area contributed by atoms with Gasteiger partial charge in [-0.1, -0.05) is 20.8 Å². The Hall–Kier alpha value is -0.660. The fraction of sp³-hybridized carbons (Fsp3) is 0.900. The van der Waals surface area contributed by atoms with E-state index < -0.39 is 28.1 Å². The number of nitrogens with one attached hydrogen (secondary N) is 1. The number of hydrogen-bond acceptors (Lipinski definition) is 4. The van der Waals surface area contributed by atoms with Gasteiger partial charge in [-0.25, -0.2) is 8.42 Å². The zero-order chi connectivity index (χ0) is 13.9. The number of carboxylic acid groups (broad SMARTS) is 1. The molecule has 0 aliphatic heterocycles. The molecule has 0 aliphatic carbocycles. The van der Waals surface area contributed by atoms with Crippen LogP contribution >= 0.6 is 0 Å². The van der Waals surface area contributed by atoms with E-state index in [1.165, 1.54) is 6.92 Å². The molecule has 0 rings (SSSR count). The smallest absolute Gasteiger partial charge is 0.324 e. The molecule has 0 amide bonds. The Labute approximate surface area is 102 Å². The molecular weight excluding hydrogens is 246 g/mol. The van der Waals surface area contributed by atoms with Crippen LogP contribution in [0.3, 0.4) is 0 Å². The summed E-state index contributed by atoms with van der Waals surface area (Å²) >= 11 is 0. The van der Waals surface area contributed by atoms with Crippen molar-refractivity contribution in [3.05, 3.63) is 0 Å². The highest BCUT2D eigenvalue weighted by Crippen LogP contribution is 2.19. The summed E-state index contributed by atoms with van der Waals surface area (Å²) in [6.45, 7) is 6.91. The van der Waals surface area contributed by atoms with Crippen LogP contribution in [0, 0.1) is 5.41 Å². The van der Waals surface area contributed by atoms with Crippen molar-refractivity contribution >= 4 is 16.0 Å². The highest BCUT2D eigenvalue weighted by atomic mass is 32.2. The van der Waals surface area contributed by atoms with Gasteiger partial charge in [-0.3, -0.25) is 4.79 Å². The number of hydrogen-bond donors (Lipinski definition) is 3. The average molecular weight is 267 g/mol. The van der Waals surface area contributed by atoms with Crippen LogP contribution < -0.4 is 4.72 Å². The van der Waals surface area contributed by atoms with Crippen LogP contribution in [0.25, 0.3) is 0 Å². The van der Waals surface area contributed by atoms with Crippen LogP contribution in [0.1, 0.15) is 34.1 Å². The minimum atomic E-state index is -3.69. The Morgan fingerprint density at radius 2 is 1.82 bits per heavy atom. The maximum Gasteiger partial charge on any atom is 0.324 e. The lowest BCUT2D eigenvalue weighted by Crippen LogP contribution is -2.48. The van der Waals surface area contributed by atoms with E-state index in [2.05, 4.69) is 0 Å². The van der Waals surface area contributed by atoms with Crippen LogP contribution in [0.2, 0.25) is 0 Å². The number of carbonyl (C=O) groups is 1. The SMILES string of the molecule is CC(O)C(NS(=O)(=O)CCC(C)(C)C)C(=O)O. The zero-order valence-corrected chi connectivity index (χ0v) is 11.4. The predicted molar refractivity (Wildman–Crippen MR) is 64.1 cm³/mol. The molecule has 0 aromatic heterocycles. The maximum atomic E-state index is 11.6. The van der Waals surface area contributed by atoms with Crippen molar-refractivity contribution in [1.82, 2.24) is 4.72 Å². The molecular formula is C10H21NO5S. The molecule has 0 spiro atoms. The largest absolute Gasteiger partial charge is 0.480 e. The second-order valence-corrected chi connectivity index (χ2v) is 7.18. The Balaban J connectivity index is 4.58. The summed E-state index contributed by atoms with van der Waals surface area (Å²) in [5.74, 6) is -1.55. The lowest BCUT2D eigenvalue weighted by Gasteiger charge is -2.20. The monoisotopic (exact) mass is 267 g/mol. The van der Waals surface area contributed by atoms with Gasteiger partial charge in [0, 0.05) is 0 Å². The molecule has 6 nitrogen and oxygen atoms in total. The van der Waals surface area contributed by atoms with E-state index in [1.807, 2.05) is 25.5 Å². The third kappa shape index (κ3) is 7.30. The molecule has 2 atom stereocenters. The second kappa shape index (κ2) is 5.79. The van der Waals surface area contributed by atoms with Gasteiger partial charge in [0.1, 0.15) is 6.04 Å². The molecule has 17 heavy (non-hydrogen) atoms. The van der Waals surface area contributed by atoms with Gasteiger partial charge in [-0.05, 0) is 18.8 Å². The fourth-order valence-electron chi connectivity index (χ4n) is 1.05. The van der Waals surface area contributed by atoms with Gasteiger partial charge in [0.25, 0.3) is 0 Å². The minimum Gasteiger partial charge on any atom is -0.480 e. The zero-order valence-electron chi connectivity index (χ0n) is 10.6. The fourth-order valence-corrected chi connectivity index (χ4v) is 2.73. The first kappa shape index (κ1) is 16.3. The van der Waals surface area contributed by atoms with Crippen molar-refractivity contribution in [1.29, 1.82) is 0 Å². The van der Waals surface area contributed by atoms with Crippen molar-refractivity contribution in [2.24, 2.45) is 5.41 Å². The van der Waals surface area contributed by atoms with Crippen LogP contribution in [-0.2, 0) is 14.8 Å². The van der Waals surface area contributed by atoms with E-state index >= 15 is 0 Å². The Morgan fingerprint density at radius 3 is 2.12 bits per heavy atom. The highest BCUT2D eigenvalue weighted by Gasteiger charge is 2.28. The Bertz CT molecular complexity index is 355. The summed E-state index contributed by atoms with van der Waals surface area (Å²) in [7, 11) is -3.69. The lowest BCUT2D eigenvalue weighted by atomic mass is 9.94. The van der Waals surface area contributed by atoms with E-state index in [9.17, 15) is 13.2 Å². The normalized spacial score (nSPS) is 16.5. The maximum absolute atomic E-state index is 11.6. The summed E-state index contributed by atoms with van der Waals surface area (Å²) in [6.07, 6.45) is -0.869. The third-order valence-corrected chi connectivity index (χ3v) is 3.53. The van der Waals surface area contributed by atoms with Crippen LogP contribution in [0.5, 0.6) is 0 Å². The molecule has 0 bridgehead atoms. The summed E-state index contributed by atoms with van der Waals surface area (Å²) in [6, 6.07) is -1.50. The van der Waals surface area contributed by atoms with Crippen molar-refractivity contribution in [3.8, 4) is 0 Å². The van der Waals surface area contributed by atoms with Crippen molar-refractivity contribution in [3.63, 3.8) is 0 Å². The average Bonchev–Trinajstić information content (AvgIpc) is 2.09. The van der Waals surface area contributed by atoms with Crippen molar-refractivity contribution < 1.29 is 23.4 Å². The Morgan fingerprint density at radius 1 is 1.35 bits per heavy atom. The van der Waals surface area contributed by atoms with Gasteiger partial charge in [0.05, 0.1) is 11.9 Å². The molecule has 0 saturated heterocycles. The molecule has 3 N–H and O–H groups in total. The van der Waals surface area contributed by atoms with Gasteiger partial charge in [-0.2, -0.15) is 4.72 Å². The minimum absolute atomic E-state index is 0.154. The number of aliphatic carboxylic acids is 1. The van der Waals surface area contributed by atoms with Crippen LogP contribution in [0.15, 0.2) is 0 Å². The van der Waals surface area contributed by atoms with E-state index in [0.29, 0.717) is 6.42 Å². The van der Waals surface area contributed by atoms with Gasteiger partial charge >= 0.3 is 5.97 Å². The second-order valence-electron chi connectivity index (χ2n) is 5.30. The standard InChI is InChI=1S/C10H21NO5S/c1-7(12)8(9(13)14)11-17(15,16)6-5-10(2,3)4/h7-8,11-12H,5-6H2,1-4H3,(H,13,14). The van der Waals surface area contributed by atoms with E-state index in [1.54, 1.807) is 0 Å². The summed E-state index contributed by atoms with van der Waals surface area (Å²) in [4.78, 5) is 10.7. The molecule has 0 saturated carbocycles. The van der Waals surface area contributed by atoms with E-state index in [4.69, 9.17) is 10.2 Å². The number of carboxylic acids is 1. The number of aliphatic hydroxyl groups excluding tert-OH is 1. The van der Waals surface area contributed by atoms with Gasteiger partial charge in [0.2, 0.25) is 10.0 Å². The van der Waals surface area contributed by atoms with E-state index in [-0.39, 0.29) is 11.2 Å². The molecule has 0 aliphatic rings. The Kier molecular flexibility index (Phi) is 5.57. The number of aliphatic hydroxyl groups is 1. The topological polar surface area (TPSA) is 104 Å². The van der Waals surface area contributed by atoms with Crippen molar-refractivity contribution in [2.75, 3.05) is 5.75 Å². The quantitative estimate of drug-likeness (QED) is 0.636. The lowest BCUT2D eigenvalue weighted by molar-refractivity contribution is -0.141. The molecule has 102 valence electrons. The van der Waals surface area contributed by atoms with Crippen LogP contribution in [-0.4, -0.2) is 42.5 Å². The highest BCUT2D eigenvalue weighted by molar-refractivity contribution is 7.89. The van der Waals surface area contributed by atoms with Gasteiger partial charge in [-0.15, -0.1) is 0 Å². The summed E-state index contributed by atoms with van der Waals surface area (Å²) in [5.41, 5.74) is -0.154. The van der Waals surface area contributed by atoms with E-state index in [0.717, 1.165) is 0 Å². The molecule has 0 aromatic rings. The number of sulfonamides is 1. The molecule has 0 heterocycles. The molecule has 7 heteroatoms. The molecule has 2 unspecified atom stereocenters. The first-order chi connectivity index (χ1) is 7.44. The summed E-state index contributed by atoms with van der Waals surface area (Å²) in [5, 5.41) is 17.9. The molecule has 0 aromatic carbocycles. The first-order valence-corrected chi connectivity index (χ1v) is 7.01. The van der Waals surface area contributed by atoms with Gasteiger partial charge in [0.15, 0.2) is 0 Å². The number of rotatable bonds is 6. The van der Waals surface area contributed by atoms with Gasteiger partial charge < -0.3 is 10.2 Å². The first-order valence-electron chi connectivity index (χ1n) is 5.35. The van der Waals surface area contributed by atoms with Crippen LogP contribution in [0.4, 0.5) is 0 Å². The molecule has 0 radical (unpaired) electrons. The summed E-state index contributed by atoms with van der Waals surface area (Å²) < 4.78 is 25.2. The predicted octanol–water partition coefficient (Wildman–Crippen LogP) is 0.176. The third-order valence-electron chi connectivity index (χ3n) is 2.18.